The molecule has 0 spiro atoms. The fraction of sp³-hybridized carbons (Fsp3) is 0.176. The smallest absolute Gasteiger partial charge is 0.326 e. The SMILES string of the molecule is Cc1oc(-c2ccccc2)nc1CCOc1ccc(CC(Nc2ccncc2C(=O)c2cccc(CO)c2)C(=O)O)cc1. The van der Waals surface area contributed by atoms with Crippen molar-refractivity contribution in [3.05, 3.63) is 131 Å². The van der Waals surface area contributed by atoms with E-state index in [-0.39, 0.29) is 24.4 Å². The molecular weight excluding hydrogens is 546 g/mol. The average Bonchev–Trinajstić information content (AvgIpc) is 3.41. The Labute approximate surface area is 248 Å². The van der Waals surface area contributed by atoms with Crippen LogP contribution in [0.1, 0.15) is 38.5 Å². The number of aliphatic hydroxyl groups excluding tert-OH is 1. The number of nitrogens with zero attached hydrogens (tertiary/aromatic N) is 2. The van der Waals surface area contributed by atoms with Gasteiger partial charge in [0, 0.05) is 42.0 Å². The number of nitrogens with one attached hydrogen (secondary N) is 1. The number of carbonyl (C=O) groups is 2. The third-order valence-electron chi connectivity index (χ3n) is 6.95. The van der Waals surface area contributed by atoms with Gasteiger partial charge in [0.2, 0.25) is 5.89 Å². The molecule has 0 radical (unpaired) electrons. The van der Waals surface area contributed by atoms with Gasteiger partial charge in [-0.15, -0.1) is 0 Å². The summed E-state index contributed by atoms with van der Waals surface area (Å²) in [6, 6.07) is 24.2. The van der Waals surface area contributed by atoms with Crippen LogP contribution in [-0.2, 0) is 24.2 Å². The van der Waals surface area contributed by atoms with Crippen molar-refractivity contribution in [2.75, 3.05) is 11.9 Å². The number of oxazole rings is 1. The zero-order valence-electron chi connectivity index (χ0n) is 23.6. The maximum absolute atomic E-state index is 13.2. The minimum Gasteiger partial charge on any atom is -0.493 e. The number of aliphatic hydroxyl groups is 1. The van der Waals surface area contributed by atoms with E-state index in [2.05, 4.69) is 15.3 Å². The van der Waals surface area contributed by atoms with Crippen molar-refractivity contribution in [3.63, 3.8) is 0 Å². The Morgan fingerprint density at radius 2 is 1.77 bits per heavy atom. The Kier molecular flexibility index (Phi) is 9.23. The highest BCUT2D eigenvalue weighted by Gasteiger charge is 2.22. The quantitative estimate of drug-likeness (QED) is 0.155. The van der Waals surface area contributed by atoms with E-state index in [1.807, 2.05) is 49.4 Å². The Bertz CT molecular complexity index is 1700. The molecule has 5 aromatic rings. The molecule has 0 fully saturated rings. The van der Waals surface area contributed by atoms with Gasteiger partial charge in [0.15, 0.2) is 5.78 Å². The summed E-state index contributed by atoms with van der Waals surface area (Å²) in [6.07, 6.45) is 3.65. The van der Waals surface area contributed by atoms with E-state index in [1.165, 1.54) is 12.4 Å². The summed E-state index contributed by atoms with van der Waals surface area (Å²) in [5.74, 6) is 0.602. The standard InChI is InChI=1S/C34H31N3O6/c1-22-29(37-33(43-22)25-7-3-2-4-8-25)15-17-42-27-12-10-23(11-13-27)19-31(34(40)41)36-30-14-16-35-20-28(30)32(39)26-9-5-6-24(18-26)21-38/h2-14,16,18,20,31,38H,15,17,19,21H2,1H3,(H,35,36)(H,40,41). The number of rotatable bonds is 13. The number of carboxylic acids is 1. The summed E-state index contributed by atoms with van der Waals surface area (Å²) >= 11 is 0. The van der Waals surface area contributed by atoms with Gasteiger partial charge in [0.1, 0.15) is 17.6 Å². The predicted octanol–water partition coefficient (Wildman–Crippen LogP) is 5.50. The van der Waals surface area contributed by atoms with Crippen LogP contribution in [0.4, 0.5) is 5.69 Å². The van der Waals surface area contributed by atoms with Gasteiger partial charge in [-0.05, 0) is 54.4 Å². The fourth-order valence-corrected chi connectivity index (χ4v) is 4.64. The Hall–Kier alpha value is -5.28. The van der Waals surface area contributed by atoms with Gasteiger partial charge in [-0.1, -0.05) is 48.5 Å². The fourth-order valence-electron chi connectivity index (χ4n) is 4.64. The lowest BCUT2D eigenvalue weighted by molar-refractivity contribution is -0.137. The van der Waals surface area contributed by atoms with Crippen molar-refractivity contribution >= 4 is 17.4 Å². The van der Waals surface area contributed by atoms with Crippen LogP contribution in [-0.4, -0.2) is 44.6 Å². The van der Waals surface area contributed by atoms with E-state index in [0.29, 0.717) is 41.5 Å². The molecule has 3 aromatic carbocycles. The summed E-state index contributed by atoms with van der Waals surface area (Å²) in [4.78, 5) is 34.1. The Balaban J connectivity index is 1.20. The summed E-state index contributed by atoms with van der Waals surface area (Å²) in [6.45, 7) is 2.09. The third-order valence-corrected chi connectivity index (χ3v) is 6.95. The number of aliphatic carboxylic acids is 1. The molecule has 43 heavy (non-hydrogen) atoms. The number of carbonyl (C=O) groups excluding carboxylic acids is 1. The molecule has 0 saturated heterocycles. The Morgan fingerprint density at radius 1 is 0.977 bits per heavy atom. The molecule has 1 unspecified atom stereocenters. The minimum atomic E-state index is -1.06. The first-order chi connectivity index (χ1) is 20.9. The first kappa shape index (κ1) is 29.2. The number of hydrogen-bond donors (Lipinski definition) is 3. The maximum Gasteiger partial charge on any atom is 0.326 e. The molecule has 9 heteroatoms. The molecule has 0 aliphatic heterocycles. The largest absolute Gasteiger partial charge is 0.493 e. The van der Waals surface area contributed by atoms with Crippen LogP contribution < -0.4 is 10.1 Å². The molecule has 0 aliphatic carbocycles. The van der Waals surface area contributed by atoms with Gasteiger partial charge in [0.05, 0.1) is 24.5 Å². The summed E-state index contributed by atoms with van der Waals surface area (Å²) in [5, 5.41) is 22.4. The number of ketones is 1. The van der Waals surface area contributed by atoms with Crippen molar-refractivity contribution in [1.29, 1.82) is 0 Å². The number of pyridine rings is 1. The molecule has 2 heterocycles. The number of hydrogen-bond acceptors (Lipinski definition) is 8. The molecule has 3 N–H and O–H groups in total. The maximum atomic E-state index is 13.2. The molecule has 9 nitrogen and oxygen atoms in total. The van der Waals surface area contributed by atoms with Crippen molar-refractivity contribution in [2.24, 2.45) is 0 Å². The van der Waals surface area contributed by atoms with Crippen LogP contribution in [0.15, 0.2) is 102 Å². The van der Waals surface area contributed by atoms with Crippen molar-refractivity contribution in [1.82, 2.24) is 9.97 Å². The predicted molar refractivity (Wildman–Crippen MR) is 161 cm³/mol. The van der Waals surface area contributed by atoms with Gasteiger partial charge in [-0.2, -0.15) is 0 Å². The lowest BCUT2D eigenvalue weighted by Gasteiger charge is -2.18. The molecular formula is C34H31N3O6. The van der Waals surface area contributed by atoms with Crippen molar-refractivity contribution in [2.45, 2.75) is 32.4 Å². The van der Waals surface area contributed by atoms with Gasteiger partial charge in [-0.25, -0.2) is 9.78 Å². The van der Waals surface area contributed by atoms with E-state index in [4.69, 9.17) is 9.15 Å². The normalized spacial score (nSPS) is 11.6. The highest BCUT2D eigenvalue weighted by molar-refractivity contribution is 6.12. The van der Waals surface area contributed by atoms with Crippen LogP contribution in [0, 0.1) is 6.92 Å². The highest BCUT2D eigenvalue weighted by Crippen LogP contribution is 2.23. The zero-order valence-corrected chi connectivity index (χ0v) is 23.6. The van der Waals surface area contributed by atoms with E-state index in [9.17, 15) is 19.8 Å². The second-order valence-corrected chi connectivity index (χ2v) is 9.98. The number of aryl methyl sites for hydroxylation is 1. The minimum absolute atomic E-state index is 0.173. The molecule has 2 aromatic heterocycles. The molecule has 5 rings (SSSR count). The molecule has 0 saturated carbocycles. The first-order valence-corrected chi connectivity index (χ1v) is 13.8. The number of aromatic nitrogens is 2. The summed E-state index contributed by atoms with van der Waals surface area (Å²) in [5.41, 5.74) is 4.12. The lowest BCUT2D eigenvalue weighted by atomic mass is 10.0. The average molecular weight is 578 g/mol. The van der Waals surface area contributed by atoms with E-state index >= 15 is 0 Å². The van der Waals surface area contributed by atoms with Gasteiger partial charge < -0.3 is 24.7 Å². The van der Waals surface area contributed by atoms with Crippen LogP contribution in [0.2, 0.25) is 0 Å². The number of anilines is 1. The monoisotopic (exact) mass is 577 g/mol. The zero-order chi connectivity index (χ0) is 30.2. The van der Waals surface area contributed by atoms with E-state index < -0.39 is 12.0 Å². The van der Waals surface area contributed by atoms with Crippen molar-refractivity contribution < 1.29 is 29.0 Å². The third kappa shape index (κ3) is 7.33. The molecule has 0 aliphatic rings. The number of carboxylic acid groups (broad SMARTS) is 1. The highest BCUT2D eigenvalue weighted by atomic mass is 16.5. The van der Waals surface area contributed by atoms with Gasteiger partial charge in [0.25, 0.3) is 0 Å². The topological polar surface area (TPSA) is 135 Å². The number of benzene rings is 3. The summed E-state index contributed by atoms with van der Waals surface area (Å²) < 4.78 is 11.7. The number of ether oxygens (including phenoxy) is 1. The second-order valence-electron chi connectivity index (χ2n) is 9.98. The van der Waals surface area contributed by atoms with Crippen molar-refractivity contribution in [3.8, 4) is 17.2 Å². The second kappa shape index (κ2) is 13.6. The molecule has 1 atom stereocenters. The summed E-state index contributed by atoms with van der Waals surface area (Å²) in [7, 11) is 0. The molecule has 218 valence electrons. The van der Waals surface area contributed by atoms with Crippen LogP contribution in [0.3, 0.4) is 0 Å². The van der Waals surface area contributed by atoms with Crippen LogP contribution in [0.25, 0.3) is 11.5 Å². The lowest BCUT2D eigenvalue weighted by Crippen LogP contribution is -2.32. The van der Waals surface area contributed by atoms with Crippen LogP contribution >= 0.6 is 0 Å². The molecule has 0 amide bonds. The Morgan fingerprint density at radius 3 is 2.51 bits per heavy atom. The van der Waals surface area contributed by atoms with E-state index in [1.54, 1.807) is 42.5 Å². The van der Waals surface area contributed by atoms with Crippen LogP contribution in [0.5, 0.6) is 5.75 Å². The van der Waals surface area contributed by atoms with Gasteiger partial charge in [-0.3, -0.25) is 9.78 Å². The first-order valence-electron chi connectivity index (χ1n) is 13.8. The van der Waals surface area contributed by atoms with E-state index in [0.717, 1.165) is 22.6 Å². The van der Waals surface area contributed by atoms with Gasteiger partial charge >= 0.3 is 5.97 Å². The molecule has 0 bridgehead atoms.